The second kappa shape index (κ2) is 7.10. The summed E-state index contributed by atoms with van der Waals surface area (Å²) in [4.78, 5) is 23.0. The average Bonchev–Trinajstić information content (AvgIpc) is 2.38. The van der Waals surface area contributed by atoms with Crippen LogP contribution < -0.4 is 5.32 Å². The Morgan fingerprint density at radius 3 is 2.57 bits per heavy atom. The number of alkyl halides is 3. The molecule has 0 saturated heterocycles. The molecule has 0 fully saturated rings. The number of hydrogen-bond acceptors (Lipinski definition) is 3. The molecule has 1 aromatic carbocycles. The van der Waals surface area contributed by atoms with Crippen LogP contribution in [0.5, 0.6) is 0 Å². The number of carbonyl (C=O) groups is 2. The van der Waals surface area contributed by atoms with Gasteiger partial charge in [0.15, 0.2) is 0 Å². The zero-order valence-electron chi connectivity index (χ0n) is 11.7. The summed E-state index contributed by atoms with van der Waals surface area (Å²) in [7, 11) is 0. The van der Waals surface area contributed by atoms with Gasteiger partial charge in [0.1, 0.15) is 6.04 Å². The van der Waals surface area contributed by atoms with Crippen LogP contribution >= 0.6 is 0 Å². The van der Waals surface area contributed by atoms with E-state index in [2.05, 4.69) is 5.32 Å². The number of halogens is 3. The van der Waals surface area contributed by atoms with Crippen molar-refractivity contribution in [1.29, 1.82) is 0 Å². The van der Waals surface area contributed by atoms with E-state index in [1.165, 1.54) is 19.1 Å². The summed E-state index contributed by atoms with van der Waals surface area (Å²) in [5.74, 6) is -1.13. The Labute approximate surface area is 120 Å². The molecule has 0 spiro atoms. The summed E-state index contributed by atoms with van der Waals surface area (Å²) >= 11 is 0. The van der Waals surface area contributed by atoms with E-state index in [4.69, 9.17) is 4.74 Å². The fraction of sp³-hybridized carbons (Fsp3) is 0.429. The highest BCUT2D eigenvalue weighted by Crippen LogP contribution is 2.29. The number of benzene rings is 1. The lowest BCUT2D eigenvalue weighted by molar-refractivity contribution is -0.146. The van der Waals surface area contributed by atoms with Gasteiger partial charge >= 0.3 is 12.1 Å². The molecule has 0 radical (unpaired) electrons. The van der Waals surface area contributed by atoms with Gasteiger partial charge in [-0.05, 0) is 25.5 Å². The van der Waals surface area contributed by atoms with Crippen LogP contribution in [0.2, 0.25) is 0 Å². The molecule has 0 bridgehead atoms. The Bertz CT molecular complexity index is 514. The molecule has 7 heteroatoms. The predicted octanol–water partition coefficient (Wildman–Crippen LogP) is 2.32. The zero-order valence-corrected chi connectivity index (χ0v) is 11.7. The molecule has 1 N–H and O–H groups in total. The van der Waals surface area contributed by atoms with Gasteiger partial charge in [0.2, 0.25) is 5.91 Å². The molecule has 1 unspecified atom stereocenters. The molecule has 0 saturated carbocycles. The van der Waals surface area contributed by atoms with Crippen molar-refractivity contribution in [2.75, 3.05) is 6.61 Å². The number of rotatable bonds is 5. The minimum absolute atomic E-state index is 0.187. The third-order valence-corrected chi connectivity index (χ3v) is 2.64. The molecular weight excluding hydrogens is 287 g/mol. The second-order valence-corrected chi connectivity index (χ2v) is 4.42. The van der Waals surface area contributed by atoms with Gasteiger partial charge in [-0.1, -0.05) is 18.2 Å². The van der Waals surface area contributed by atoms with E-state index >= 15 is 0 Å². The quantitative estimate of drug-likeness (QED) is 0.849. The Hall–Kier alpha value is -2.05. The Balaban J connectivity index is 2.65. The Morgan fingerprint density at radius 1 is 1.33 bits per heavy atom. The van der Waals surface area contributed by atoms with Gasteiger partial charge in [-0.15, -0.1) is 0 Å². The molecule has 0 aliphatic heterocycles. The first-order chi connectivity index (χ1) is 9.74. The lowest BCUT2D eigenvalue weighted by Crippen LogP contribution is -2.40. The predicted molar refractivity (Wildman–Crippen MR) is 69.4 cm³/mol. The van der Waals surface area contributed by atoms with Crippen molar-refractivity contribution in [1.82, 2.24) is 5.32 Å². The Morgan fingerprint density at radius 2 is 2.00 bits per heavy atom. The van der Waals surface area contributed by atoms with Crippen LogP contribution in [0.25, 0.3) is 0 Å². The highest BCUT2D eigenvalue weighted by atomic mass is 19.4. The molecule has 0 heterocycles. The summed E-state index contributed by atoms with van der Waals surface area (Å²) in [6.45, 7) is 3.27. The van der Waals surface area contributed by atoms with Crippen LogP contribution in [0.4, 0.5) is 13.2 Å². The minimum Gasteiger partial charge on any atom is -0.464 e. The van der Waals surface area contributed by atoms with E-state index in [1.54, 1.807) is 6.92 Å². The van der Waals surface area contributed by atoms with Gasteiger partial charge in [-0.25, -0.2) is 4.79 Å². The minimum atomic E-state index is -4.45. The lowest BCUT2D eigenvalue weighted by atomic mass is 10.1. The number of amides is 1. The van der Waals surface area contributed by atoms with Crippen molar-refractivity contribution in [3.8, 4) is 0 Å². The van der Waals surface area contributed by atoms with Crippen LogP contribution in [0.15, 0.2) is 24.3 Å². The van der Waals surface area contributed by atoms with Crippen LogP contribution in [-0.4, -0.2) is 24.5 Å². The Kier molecular flexibility index (Phi) is 5.75. The van der Waals surface area contributed by atoms with Crippen molar-refractivity contribution in [2.45, 2.75) is 32.5 Å². The normalized spacial score (nSPS) is 12.6. The van der Waals surface area contributed by atoms with Crippen molar-refractivity contribution in [2.24, 2.45) is 0 Å². The molecule has 21 heavy (non-hydrogen) atoms. The largest absolute Gasteiger partial charge is 0.464 e. The van der Waals surface area contributed by atoms with Crippen molar-refractivity contribution >= 4 is 11.9 Å². The van der Waals surface area contributed by atoms with E-state index in [9.17, 15) is 22.8 Å². The number of carbonyl (C=O) groups excluding carboxylic acids is 2. The first-order valence-electron chi connectivity index (χ1n) is 6.36. The van der Waals surface area contributed by atoms with Gasteiger partial charge in [0.25, 0.3) is 0 Å². The highest BCUT2D eigenvalue weighted by molar-refractivity contribution is 5.85. The summed E-state index contributed by atoms with van der Waals surface area (Å²) in [6, 6.07) is 3.66. The molecule has 0 aromatic heterocycles. The van der Waals surface area contributed by atoms with E-state index in [0.717, 1.165) is 12.1 Å². The first-order valence-corrected chi connectivity index (χ1v) is 6.36. The maximum absolute atomic E-state index is 12.5. The van der Waals surface area contributed by atoms with E-state index in [1.807, 2.05) is 0 Å². The highest BCUT2D eigenvalue weighted by Gasteiger charge is 2.30. The van der Waals surface area contributed by atoms with Crippen molar-refractivity contribution in [3.05, 3.63) is 35.4 Å². The van der Waals surface area contributed by atoms with E-state index in [0.29, 0.717) is 0 Å². The molecule has 0 aliphatic rings. The number of esters is 1. The standard InChI is InChI=1S/C14H16F3NO3/c1-3-21-13(20)9(2)18-12(19)8-10-5-4-6-11(7-10)14(15,16)17/h4-7,9H,3,8H2,1-2H3,(H,18,19). The maximum atomic E-state index is 12.5. The number of nitrogens with one attached hydrogen (secondary N) is 1. The molecule has 1 amide bonds. The fourth-order valence-electron chi connectivity index (χ4n) is 1.66. The van der Waals surface area contributed by atoms with Crippen LogP contribution in [0.1, 0.15) is 25.0 Å². The van der Waals surface area contributed by atoms with Gasteiger partial charge in [-0.3, -0.25) is 4.79 Å². The average molecular weight is 303 g/mol. The molecule has 1 rings (SSSR count). The molecule has 1 atom stereocenters. The smallest absolute Gasteiger partial charge is 0.416 e. The molecule has 116 valence electrons. The summed E-state index contributed by atoms with van der Waals surface area (Å²) in [5.41, 5.74) is -0.593. The van der Waals surface area contributed by atoms with Crippen LogP contribution in [0.3, 0.4) is 0 Å². The monoisotopic (exact) mass is 303 g/mol. The van der Waals surface area contributed by atoms with Gasteiger partial charge in [-0.2, -0.15) is 13.2 Å². The van der Waals surface area contributed by atoms with Crippen LogP contribution in [0, 0.1) is 0 Å². The first kappa shape index (κ1) is 17.0. The second-order valence-electron chi connectivity index (χ2n) is 4.42. The van der Waals surface area contributed by atoms with Gasteiger partial charge in [0, 0.05) is 0 Å². The maximum Gasteiger partial charge on any atom is 0.416 e. The van der Waals surface area contributed by atoms with Gasteiger partial charge < -0.3 is 10.1 Å². The lowest BCUT2D eigenvalue weighted by Gasteiger charge is -2.13. The zero-order chi connectivity index (χ0) is 16.0. The van der Waals surface area contributed by atoms with Crippen molar-refractivity contribution < 1.29 is 27.5 Å². The number of hydrogen-bond donors (Lipinski definition) is 1. The summed E-state index contributed by atoms with van der Waals surface area (Å²) < 4.78 is 42.3. The number of ether oxygens (including phenoxy) is 1. The summed E-state index contributed by atoms with van der Waals surface area (Å²) in [6.07, 6.45) is -4.70. The van der Waals surface area contributed by atoms with Crippen LogP contribution in [-0.2, 0) is 26.9 Å². The third-order valence-electron chi connectivity index (χ3n) is 2.64. The molecule has 4 nitrogen and oxygen atoms in total. The molecule has 1 aromatic rings. The topological polar surface area (TPSA) is 55.4 Å². The molecule has 0 aliphatic carbocycles. The summed E-state index contributed by atoms with van der Waals surface area (Å²) in [5, 5.41) is 2.38. The fourth-order valence-corrected chi connectivity index (χ4v) is 1.66. The van der Waals surface area contributed by atoms with Gasteiger partial charge in [0.05, 0.1) is 18.6 Å². The molecular formula is C14H16F3NO3. The third kappa shape index (κ3) is 5.45. The van der Waals surface area contributed by atoms with E-state index < -0.39 is 29.7 Å². The SMILES string of the molecule is CCOC(=O)C(C)NC(=O)Cc1cccc(C(F)(F)F)c1. The van der Waals surface area contributed by atoms with Crippen molar-refractivity contribution in [3.63, 3.8) is 0 Å². The van der Waals surface area contributed by atoms with E-state index in [-0.39, 0.29) is 18.6 Å².